The fourth-order valence-electron chi connectivity index (χ4n) is 1.43. The van der Waals surface area contributed by atoms with E-state index in [-0.39, 0.29) is 0 Å². The SMILES string of the molecule is CCCNCCCCCC(C)CC. The highest BCUT2D eigenvalue weighted by molar-refractivity contribution is 4.52. The average molecular weight is 185 g/mol. The molecular formula is C12H27N. The molecule has 0 aromatic heterocycles. The molecule has 0 amide bonds. The minimum absolute atomic E-state index is 0.934. The lowest BCUT2D eigenvalue weighted by molar-refractivity contribution is 0.473. The first-order chi connectivity index (χ1) is 6.31. The van der Waals surface area contributed by atoms with Crippen LogP contribution in [0.5, 0.6) is 0 Å². The summed E-state index contributed by atoms with van der Waals surface area (Å²) in [5.74, 6) is 0.934. The zero-order chi connectivity index (χ0) is 9.94. The maximum Gasteiger partial charge on any atom is -0.00489 e. The predicted molar refractivity (Wildman–Crippen MR) is 61.1 cm³/mol. The number of nitrogens with one attached hydrogen (secondary N) is 1. The van der Waals surface area contributed by atoms with Crippen molar-refractivity contribution in [3.05, 3.63) is 0 Å². The van der Waals surface area contributed by atoms with Gasteiger partial charge in [-0.15, -0.1) is 0 Å². The molecule has 1 atom stereocenters. The molecule has 0 aromatic rings. The number of unbranched alkanes of at least 4 members (excludes halogenated alkanes) is 2. The monoisotopic (exact) mass is 185 g/mol. The Hall–Kier alpha value is -0.0400. The van der Waals surface area contributed by atoms with Gasteiger partial charge in [0.15, 0.2) is 0 Å². The van der Waals surface area contributed by atoms with Crippen molar-refractivity contribution >= 4 is 0 Å². The van der Waals surface area contributed by atoms with E-state index in [1.54, 1.807) is 0 Å². The second kappa shape index (κ2) is 10.0. The lowest BCUT2D eigenvalue weighted by Gasteiger charge is -2.07. The molecule has 0 saturated carbocycles. The lowest BCUT2D eigenvalue weighted by Crippen LogP contribution is -2.15. The van der Waals surface area contributed by atoms with Crippen LogP contribution < -0.4 is 5.32 Å². The summed E-state index contributed by atoms with van der Waals surface area (Å²) in [5.41, 5.74) is 0. The van der Waals surface area contributed by atoms with Gasteiger partial charge in [0.25, 0.3) is 0 Å². The largest absolute Gasteiger partial charge is 0.317 e. The van der Waals surface area contributed by atoms with Gasteiger partial charge >= 0.3 is 0 Å². The Balaban J connectivity index is 2.91. The molecule has 80 valence electrons. The molecule has 0 spiro atoms. The van der Waals surface area contributed by atoms with Crippen LogP contribution in [0.25, 0.3) is 0 Å². The van der Waals surface area contributed by atoms with Gasteiger partial charge in [0.1, 0.15) is 0 Å². The normalized spacial score (nSPS) is 13.2. The summed E-state index contributed by atoms with van der Waals surface area (Å²) in [4.78, 5) is 0. The van der Waals surface area contributed by atoms with Gasteiger partial charge in [-0.3, -0.25) is 0 Å². The van der Waals surface area contributed by atoms with Gasteiger partial charge in [-0.05, 0) is 31.8 Å². The highest BCUT2D eigenvalue weighted by Crippen LogP contribution is 2.11. The summed E-state index contributed by atoms with van der Waals surface area (Å²) in [6.45, 7) is 9.26. The first-order valence-corrected chi connectivity index (χ1v) is 6.02. The molecule has 0 aliphatic rings. The molecule has 0 aromatic carbocycles. The lowest BCUT2D eigenvalue weighted by atomic mass is 10.0. The van der Waals surface area contributed by atoms with Crippen molar-refractivity contribution in [3.8, 4) is 0 Å². The molecule has 1 unspecified atom stereocenters. The predicted octanol–water partition coefficient (Wildman–Crippen LogP) is 3.59. The maximum atomic E-state index is 3.44. The van der Waals surface area contributed by atoms with E-state index in [9.17, 15) is 0 Å². The Morgan fingerprint density at radius 3 is 2.38 bits per heavy atom. The maximum absolute atomic E-state index is 3.44. The Labute approximate surface area is 84.3 Å². The van der Waals surface area contributed by atoms with E-state index in [0.29, 0.717) is 0 Å². The highest BCUT2D eigenvalue weighted by Gasteiger charge is 1.97. The molecule has 0 fully saturated rings. The molecule has 1 N–H and O–H groups in total. The first kappa shape index (κ1) is 13.0. The van der Waals surface area contributed by atoms with Crippen LogP contribution in [0.15, 0.2) is 0 Å². The molecule has 1 heteroatoms. The Morgan fingerprint density at radius 2 is 1.77 bits per heavy atom. The van der Waals surface area contributed by atoms with E-state index in [1.807, 2.05) is 0 Å². The van der Waals surface area contributed by atoms with Crippen molar-refractivity contribution in [3.63, 3.8) is 0 Å². The van der Waals surface area contributed by atoms with Crippen LogP contribution in [0.1, 0.15) is 59.3 Å². The molecule has 0 aliphatic carbocycles. The standard InChI is InChI=1S/C12H27N/c1-4-10-13-11-8-6-7-9-12(3)5-2/h12-13H,4-11H2,1-3H3. The fourth-order valence-corrected chi connectivity index (χ4v) is 1.43. The zero-order valence-corrected chi connectivity index (χ0v) is 9.73. The number of rotatable bonds is 9. The van der Waals surface area contributed by atoms with Gasteiger partial charge < -0.3 is 5.32 Å². The summed E-state index contributed by atoms with van der Waals surface area (Å²) >= 11 is 0. The van der Waals surface area contributed by atoms with E-state index in [0.717, 1.165) is 5.92 Å². The minimum Gasteiger partial charge on any atom is -0.317 e. The van der Waals surface area contributed by atoms with E-state index in [1.165, 1.54) is 51.6 Å². The van der Waals surface area contributed by atoms with E-state index in [2.05, 4.69) is 26.1 Å². The average Bonchev–Trinajstić information content (AvgIpc) is 2.16. The van der Waals surface area contributed by atoms with Crippen molar-refractivity contribution < 1.29 is 0 Å². The number of hydrogen-bond acceptors (Lipinski definition) is 1. The smallest absolute Gasteiger partial charge is 0.00489 e. The summed E-state index contributed by atoms with van der Waals surface area (Å²) in [7, 11) is 0. The molecular weight excluding hydrogens is 158 g/mol. The van der Waals surface area contributed by atoms with Gasteiger partial charge in [0, 0.05) is 0 Å². The Morgan fingerprint density at radius 1 is 1.00 bits per heavy atom. The van der Waals surface area contributed by atoms with Gasteiger partial charge in [0.2, 0.25) is 0 Å². The first-order valence-electron chi connectivity index (χ1n) is 6.02. The minimum atomic E-state index is 0.934. The summed E-state index contributed by atoms with van der Waals surface area (Å²) in [5, 5.41) is 3.44. The molecule has 13 heavy (non-hydrogen) atoms. The van der Waals surface area contributed by atoms with Crippen LogP contribution in [0.2, 0.25) is 0 Å². The van der Waals surface area contributed by atoms with Gasteiger partial charge in [-0.2, -0.15) is 0 Å². The molecule has 0 rings (SSSR count). The molecule has 0 heterocycles. The van der Waals surface area contributed by atoms with Crippen molar-refractivity contribution in [1.29, 1.82) is 0 Å². The zero-order valence-electron chi connectivity index (χ0n) is 9.73. The summed E-state index contributed by atoms with van der Waals surface area (Å²) < 4.78 is 0. The van der Waals surface area contributed by atoms with Gasteiger partial charge in [-0.25, -0.2) is 0 Å². The van der Waals surface area contributed by atoms with Crippen LogP contribution in [0, 0.1) is 5.92 Å². The van der Waals surface area contributed by atoms with Crippen molar-refractivity contribution in [2.24, 2.45) is 5.92 Å². The second-order valence-corrected chi connectivity index (χ2v) is 4.11. The summed E-state index contributed by atoms with van der Waals surface area (Å²) in [6.07, 6.45) is 8.20. The van der Waals surface area contributed by atoms with Gasteiger partial charge in [-0.1, -0.05) is 46.5 Å². The van der Waals surface area contributed by atoms with Crippen molar-refractivity contribution in [1.82, 2.24) is 5.32 Å². The fraction of sp³-hybridized carbons (Fsp3) is 1.00. The van der Waals surface area contributed by atoms with E-state index < -0.39 is 0 Å². The molecule has 0 radical (unpaired) electrons. The van der Waals surface area contributed by atoms with Crippen molar-refractivity contribution in [2.75, 3.05) is 13.1 Å². The highest BCUT2D eigenvalue weighted by atomic mass is 14.8. The molecule has 0 bridgehead atoms. The van der Waals surface area contributed by atoms with Crippen LogP contribution in [0.4, 0.5) is 0 Å². The number of hydrogen-bond donors (Lipinski definition) is 1. The van der Waals surface area contributed by atoms with Crippen molar-refractivity contribution in [2.45, 2.75) is 59.3 Å². The Bertz CT molecular complexity index is 91.1. The molecule has 0 saturated heterocycles. The third-order valence-electron chi connectivity index (χ3n) is 2.67. The van der Waals surface area contributed by atoms with Gasteiger partial charge in [0.05, 0.1) is 0 Å². The molecule has 0 aliphatic heterocycles. The van der Waals surface area contributed by atoms with Crippen LogP contribution in [0.3, 0.4) is 0 Å². The molecule has 1 nitrogen and oxygen atoms in total. The third-order valence-corrected chi connectivity index (χ3v) is 2.67. The topological polar surface area (TPSA) is 12.0 Å². The van der Waals surface area contributed by atoms with Crippen LogP contribution in [-0.4, -0.2) is 13.1 Å². The van der Waals surface area contributed by atoms with Crippen LogP contribution in [-0.2, 0) is 0 Å². The third kappa shape index (κ3) is 9.88. The van der Waals surface area contributed by atoms with E-state index >= 15 is 0 Å². The van der Waals surface area contributed by atoms with Crippen LogP contribution >= 0.6 is 0 Å². The quantitative estimate of drug-likeness (QED) is 0.541. The second-order valence-electron chi connectivity index (χ2n) is 4.11. The van der Waals surface area contributed by atoms with E-state index in [4.69, 9.17) is 0 Å². The Kier molecular flexibility index (Phi) is 10.0. The summed E-state index contributed by atoms with van der Waals surface area (Å²) in [6, 6.07) is 0.